The summed E-state index contributed by atoms with van der Waals surface area (Å²) in [6, 6.07) is 0. The Bertz CT molecular complexity index is 515. The lowest BCUT2D eigenvalue weighted by Gasteiger charge is -2.26. The van der Waals surface area contributed by atoms with Gasteiger partial charge in [-0.15, -0.1) is 0 Å². The van der Waals surface area contributed by atoms with E-state index in [1.165, 1.54) is 77.0 Å². The van der Waals surface area contributed by atoms with Gasteiger partial charge in [-0.1, -0.05) is 58.3 Å². The molecular formula is C25H50N3OPS. The van der Waals surface area contributed by atoms with E-state index in [0.29, 0.717) is 5.16 Å². The van der Waals surface area contributed by atoms with Crippen molar-refractivity contribution in [2.24, 2.45) is 4.99 Å². The van der Waals surface area contributed by atoms with Gasteiger partial charge >= 0.3 is 0 Å². The van der Waals surface area contributed by atoms with E-state index in [1.807, 2.05) is 24.8 Å². The van der Waals surface area contributed by atoms with Crippen LogP contribution >= 0.6 is 18.7 Å². The Morgan fingerprint density at radius 2 is 1.61 bits per heavy atom. The van der Waals surface area contributed by atoms with Gasteiger partial charge < -0.3 is 9.73 Å². The van der Waals surface area contributed by atoms with E-state index in [4.69, 9.17) is 4.74 Å². The standard InChI is InChI=1S/C25H50N3OPS/c1-7-18-23(29-24(2,3)4)27-28-31-30(6)25(20-21-25)19-16-14-12-10-8-9-11-13-15-17-22-26-5/h18,22,27-28H,7-17,19-21H2,1-6H3/b23-18-,26-22?. The minimum atomic E-state index is -0.182. The summed E-state index contributed by atoms with van der Waals surface area (Å²) in [4.78, 5) is 7.42. The normalized spacial score (nSPS) is 17.2. The van der Waals surface area contributed by atoms with Crippen LogP contribution in [0, 0.1) is 0 Å². The van der Waals surface area contributed by atoms with Crippen molar-refractivity contribution in [2.75, 3.05) is 13.7 Å². The van der Waals surface area contributed by atoms with Gasteiger partial charge in [0, 0.05) is 12.2 Å². The summed E-state index contributed by atoms with van der Waals surface area (Å²) in [5, 5.41) is 0.621. The largest absolute Gasteiger partial charge is 0.473 e. The Morgan fingerprint density at radius 3 is 2.13 bits per heavy atom. The number of aliphatic imine (C=N–C) groups is 1. The van der Waals surface area contributed by atoms with E-state index in [1.54, 1.807) is 0 Å². The molecule has 1 rings (SSSR count). The Kier molecular flexibility index (Phi) is 15.2. The topological polar surface area (TPSA) is 45.7 Å². The number of ether oxygens (including phenoxy) is 1. The fourth-order valence-electron chi connectivity index (χ4n) is 3.79. The lowest BCUT2D eigenvalue weighted by atomic mass is 10.0. The number of allylic oxidation sites excluding steroid dienone is 1. The summed E-state index contributed by atoms with van der Waals surface area (Å²) in [6.07, 6.45) is 23.1. The second-order valence-corrected chi connectivity index (χ2v) is 14.4. The molecule has 1 atom stereocenters. The van der Waals surface area contributed by atoms with Gasteiger partial charge in [-0.05, 0) is 96.9 Å². The first-order valence-electron chi connectivity index (χ1n) is 12.5. The molecule has 2 N–H and O–H groups in total. The van der Waals surface area contributed by atoms with Crippen molar-refractivity contribution in [3.05, 3.63) is 12.0 Å². The smallest absolute Gasteiger partial charge is 0.198 e. The SMILES string of the molecule is CC/C=C(/NNSP(C)C1(CCCCCCCCCCCC=NC)CC1)OC(C)(C)C. The maximum atomic E-state index is 5.99. The fourth-order valence-corrected chi connectivity index (χ4v) is 7.44. The van der Waals surface area contributed by atoms with Crippen LogP contribution in [0.3, 0.4) is 0 Å². The summed E-state index contributed by atoms with van der Waals surface area (Å²) in [7, 11) is 1.79. The van der Waals surface area contributed by atoms with Crippen molar-refractivity contribution < 1.29 is 4.74 Å². The van der Waals surface area contributed by atoms with E-state index in [-0.39, 0.29) is 12.7 Å². The molecule has 0 saturated heterocycles. The number of hydrogen-bond acceptors (Lipinski definition) is 5. The molecule has 1 saturated carbocycles. The highest BCUT2D eigenvalue weighted by atomic mass is 32.7. The number of nitrogens with zero attached hydrogens (tertiary/aromatic N) is 1. The Balaban J connectivity index is 2.08. The molecule has 0 amide bonds. The molecule has 1 aliphatic carbocycles. The van der Waals surface area contributed by atoms with Crippen LogP contribution in [0.2, 0.25) is 0 Å². The van der Waals surface area contributed by atoms with Crippen molar-refractivity contribution >= 4 is 24.9 Å². The van der Waals surface area contributed by atoms with Crippen LogP contribution in [-0.4, -0.2) is 30.7 Å². The predicted molar refractivity (Wildman–Crippen MR) is 143 cm³/mol. The van der Waals surface area contributed by atoms with Gasteiger partial charge in [0.15, 0.2) is 5.88 Å². The van der Waals surface area contributed by atoms with Crippen molar-refractivity contribution in [1.82, 2.24) is 10.3 Å². The molecule has 31 heavy (non-hydrogen) atoms. The zero-order valence-electron chi connectivity index (χ0n) is 21.3. The predicted octanol–water partition coefficient (Wildman–Crippen LogP) is 8.35. The summed E-state index contributed by atoms with van der Waals surface area (Å²) >= 11 is 1.89. The first-order chi connectivity index (χ1) is 14.8. The Morgan fingerprint density at radius 1 is 1.03 bits per heavy atom. The van der Waals surface area contributed by atoms with Gasteiger partial charge in [-0.25, -0.2) is 0 Å². The first-order valence-corrected chi connectivity index (χ1v) is 15.8. The third-order valence-corrected chi connectivity index (χ3v) is 10.5. The molecule has 1 unspecified atom stereocenters. The molecule has 6 heteroatoms. The van der Waals surface area contributed by atoms with Gasteiger partial charge in [0.05, 0.1) is 0 Å². The molecule has 1 fully saturated rings. The summed E-state index contributed by atoms with van der Waals surface area (Å²) < 4.78 is 5.99. The number of hydrazine groups is 1. The minimum absolute atomic E-state index is 0.0740. The van der Waals surface area contributed by atoms with Gasteiger partial charge in [0.25, 0.3) is 0 Å². The second-order valence-electron chi connectivity index (χ2n) is 9.89. The monoisotopic (exact) mass is 471 g/mol. The van der Waals surface area contributed by atoms with Crippen LogP contribution in [0.25, 0.3) is 0 Å². The molecule has 0 aliphatic heterocycles. The summed E-state index contributed by atoms with van der Waals surface area (Å²) in [6.45, 7) is 10.8. The molecule has 1 aliphatic rings. The zero-order chi connectivity index (χ0) is 23.0. The molecular weight excluding hydrogens is 421 g/mol. The van der Waals surface area contributed by atoms with E-state index in [9.17, 15) is 0 Å². The molecule has 0 aromatic carbocycles. The average molecular weight is 472 g/mol. The van der Waals surface area contributed by atoms with Crippen molar-refractivity contribution in [1.29, 1.82) is 0 Å². The second kappa shape index (κ2) is 16.4. The highest BCUT2D eigenvalue weighted by Crippen LogP contribution is 2.69. The van der Waals surface area contributed by atoms with Crippen molar-refractivity contribution in [2.45, 2.75) is 128 Å². The van der Waals surface area contributed by atoms with Crippen molar-refractivity contribution in [3.8, 4) is 0 Å². The van der Waals surface area contributed by atoms with Gasteiger partial charge in [0.2, 0.25) is 0 Å². The number of rotatable bonds is 19. The zero-order valence-corrected chi connectivity index (χ0v) is 23.0. The summed E-state index contributed by atoms with van der Waals surface area (Å²) in [5.41, 5.74) is 3.10. The van der Waals surface area contributed by atoms with Crippen LogP contribution in [0.15, 0.2) is 17.0 Å². The Labute approximate surface area is 198 Å². The fraction of sp³-hybridized carbons (Fsp3) is 0.880. The third kappa shape index (κ3) is 14.5. The van der Waals surface area contributed by atoms with Crippen molar-refractivity contribution in [3.63, 3.8) is 0 Å². The molecule has 0 aromatic heterocycles. The maximum absolute atomic E-state index is 5.99. The highest BCUT2D eigenvalue weighted by molar-refractivity contribution is 8.55. The van der Waals surface area contributed by atoms with Crippen LogP contribution in [-0.2, 0) is 4.74 Å². The molecule has 0 aromatic rings. The Hall–Kier alpha value is -0.250. The van der Waals surface area contributed by atoms with Gasteiger partial charge in [-0.2, -0.15) is 4.83 Å². The van der Waals surface area contributed by atoms with E-state index < -0.39 is 0 Å². The quantitative estimate of drug-likeness (QED) is 0.0496. The first kappa shape index (κ1) is 28.8. The number of unbranched alkanes of at least 4 members (excludes halogenated alkanes) is 9. The minimum Gasteiger partial charge on any atom is -0.473 e. The lowest BCUT2D eigenvalue weighted by Crippen LogP contribution is -2.31. The maximum Gasteiger partial charge on any atom is 0.198 e. The number of nitrogens with one attached hydrogen (secondary N) is 2. The number of hydrogen-bond donors (Lipinski definition) is 2. The molecule has 182 valence electrons. The third-order valence-electron chi connectivity index (χ3n) is 5.82. The molecule has 0 spiro atoms. The molecule has 4 nitrogen and oxygen atoms in total. The van der Waals surface area contributed by atoms with Gasteiger partial charge in [0.1, 0.15) is 5.60 Å². The lowest BCUT2D eigenvalue weighted by molar-refractivity contribution is 0.0386. The van der Waals surface area contributed by atoms with E-state index >= 15 is 0 Å². The van der Waals surface area contributed by atoms with Crippen LogP contribution in [0.1, 0.15) is 118 Å². The molecule has 0 bridgehead atoms. The van der Waals surface area contributed by atoms with Crippen LogP contribution in [0.4, 0.5) is 0 Å². The van der Waals surface area contributed by atoms with Crippen LogP contribution in [0.5, 0.6) is 0 Å². The summed E-state index contributed by atoms with van der Waals surface area (Å²) in [5.74, 6) is 0.838. The van der Waals surface area contributed by atoms with Gasteiger partial charge in [-0.3, -0.25) is 5.43 Å². The highest BCUT2D eigenvalue weighted by Gasteiger charge is 2.47. The molecule has 0 heterocycles. The molecule has 0 radical (unpaired) electrons. The van der Waals surface area contributed by atoms with Crippen LogP contribution < -0.4 is 10.3 Å². The average Bonchev–Trinajstić information content (AvgIpc) is 3.49. The van der Waals surface area contributed by atoms with E-state index in [0.717, 1.165) is 18.7 Å². The van der Waals surface area contributed by atoms with E-state index in [2.05, 4.69) is 55.7 Å².